The van der Waals surface area contributed by atoms with Crippen molar-refractivity contribution in [2.45, 2.75) is 18.9 Å². The third-order valence-electron chi connectivity index (χ3n) is 4.50. The first-order valence-corrected chi connectivity index (χ1v) is 10.3. The molecule has 0 aliphatic carbocycles. The van der Waals surface area contributed by atoms with Gasteiger partial charge in [0.2, 0.25) is 5.28 Å². The van der Waals surface area contributed by atoms with Gasteiger partial charge in [0.05, 0.1) is 21.1 Å². The summed E-state index contributed by atoms with van der Waals surface area (Å²) < 4.78 is 7.77. The number of likely N-dealkylation sites (tertiary alicyclic amines) is 1. The summed E-state index contributed by atoms with van der Waals surface area (Å²) in [5, 5.41) is 10.5. The highest BCUT2D eigenvalue weighted by Crippen LogP contribution is 2.37. The molecule has 0 radical (unpaired) electrons. The second-order valence-electron chi connectivity index (χ2n) is 6.23. The van der Waals surface area contributed by atoms with Gasteiger partial charge >= 0.3 is 6.09 Å². The molecule has 9 heteroatoms. The maximum absolute atomic E-state index is 11.2. The average Bonchev–Trinajstić information content (AvgIpc) is 3.28. The van der Waals surface area contributed by atoms with E-state index in [9.17, 15) is 9.90 Å². The van der Waals surface area contributed by atoms with Crippen LogP contribution in [0.3, 0.4) is 0 Å². The third-order valence-corrected chi connectivity index (χ3v) is 6.39. The lowest BCUT2D eigenvalue weighted by Crippen LogP contribution is -2.37. The van der Waals surface area contributed by atoms with E-state index in [0.29, 0.717) is 13.2 Å². The van der Waals surface area contributed by atoms with Crippen LogP contribution in [-0.4, -0.2) is 45.3 Å². The van der Waals surface area contributed by atoms with Gasteiger partial charge in [-0.05, 0) is 70.0 Å². The van der Waals surface area contributed by atoms with Crippen molar-refractivity contribution >= 4 is 55.0 Å². The van der Waals surface area contributed by atoms with Gasteiger partial charge in [-0.2, -0.15) is 0 Å². The number of carbonyl (C=O) groups is 1. The molecule has 0 saturated carbocycles. The normalized spacial score (nSPS) is 16.8. The molecule has 1 unspecified atom stereocenters. The molecule has 1 aliphatic rings. The zero-order valence-electron chi connectivity index (χ0n) is 14.1. The van der Waals surface area contributed by atoms with Crippen LogP contribution in [-0.2, 0) is 0 Å². The third kappa shape index (κ3) is 3.88. The van der Waals surface area contributed by atoms with Crippen molar-refractivity contribution in [3.05, 3.63) is 40.2 Å². The van der Waals surface area contributed by atoms with Gasteiger partial charge in [-0.25, -0.2) is 14.8 Å². The summed E-state index contributed by atoms with van der Waals surface area (Å²) in [5.41, 5.74) is 0.752. The zero-order valence-corrected chi connectivity index (χ0v) is 17.2. The molecule has 1 atom stereocenters. The molecule has 3 aromatic rings. The first-order valence-electron chi connectivity index (χ1n) is 8.35. The Morgan fingerprint density at radius 1 is 1.44 bits per heavy atom. The SMILES string of the molecule is O=C(O)N1CCCC1COc1ccc2sc(-c3nc(Cl)ncc3Br)cc2c1. The summed E-state index contributed by atoms with van der Waals surface area (Å²) in [6, 6.07) is 7.82. The fourth-order valence-corrected chi connectivity index (χ4v) is 4.92. The minimum absolute atomic E-state index is 0.0876. The smallest absolute Gasteiger partial charge is 0.407 e. The summed E-state index contributed by atoms with van der Waals surface area (Å²) in [4.78, 5) is 21.9. The van der Waals surface area contributed by atoms with Crippen LogP contribution < -0.4 is 4.74 Å². The summed E-state index contributed by atoms with van der Waals surface area (Å²) >= 11 is 11.0. The average molecular weight is 469 g/mol. The molecular weight excluding hydrogens is 454 g/mol. The van der Waals surface area contributed by atoms with E-state index in [4.69, 9.17) is 16.3 Å². The molecule has 0 bridgehead atoms. The predicted octanol–water partition coefficient (Wildman–Crippen LogP) is 5.30. The van der Waals surface area contributed by atoms with E-state index in [-0.39, 0.29) is 11.3 Å². The van der Waals surface area contributed by atoms with Crippen molar-refractivity contribution in [2.75, 3.05) is 13.2 Å². The number of fused-ring (bicyclic) bond motifs is 1. The number of ether oxygens (including phenoxy) is 1. The Kier molecular flexibility index (Phi) is 5.21. The van der Waals surface area contributed by atoms with Gasteiger partial charge in [0.25, 0.3) is 0 Å². The van der Waals surface area contributed by atoms with Gasteiger partial charge in [0.1, 0.15) is 12.4 Å². The maximum Gasteiger partial charge on any atom is 0.407 e. The maximum atomic E-state index is 11.2. The second-order valence-corrected chi connectivity index (χ2v) is 8.51. The number of nitrogens with zero attached hydrogens (tertiary/aromatic N) is 3. The van der Waals surface area contributed by atoms with Gasteiger partial charge in [-0.3, -0.25) is 0 Å². The van der Waals surface area contributed by atoms with Gasteiger partial charge in [0, 0.05) is 17.4 Å². The van der Waals surface area contributed by atoms with E-state index in [1.54, 1.807) is 17.5 Å². The fourth-order valence-electron chi connectivity index (χ4n) is 3.20. The number of aromatic nitrogens is 2. The van der Waals surface area contributed by atoms with Crippen molar-refractivity contribution in [3.63, 3.8) is 0 Å². The van der Waals surface area contributed by atoms with Crippen molar-refractivity contribution in [2.24, 2.45) is 0 Å². The monoisotopic (exact) mass is 467 g/mol. The molecule has 1 aromatic carbocycles. The Hall–Kier alpha value is -1.90. The molecule has 2 aromatic heterocycles. The molecule has 140 valence electrons. The minimum atomic E-state index is -0.881. The topological polar surface area (TPSA) is 75.5 Å². The number of rotatable bonds is 4. The summed E-state index contributed by atoms with van der Waals surface area (Å²) in [6.07, 6.45) is 2.47. The summed E-state index contributed by atoms with van der Waals surface area (Å²) in [7, 11) is 0. The lowest BCUT2D eigenvalue weighted by atomic mass is 10.2. The number of hydrogen-bond donors (Lipinski definition) is 1. The van der Waals surface area contributed by atoms with E-state index < -0.39 is 6.09 Å². The number of hydrogen-bond acceptors (Lipinski definition) is 5. The van der Waals surface area contributed by atoms with Crippen LogP contribution in [0.4, 0.5) is 4.79 Å². The van der Waals surface area contributed by atoms with Crippen LogP contribution >= 0.6 is 38.9 Å². The Morgan fingerprint density at radius 2 is 2.30 bits per heavy atom. The summed E-state index contributed by atoms with van der Waals surface area (Å²) in [6.45, 7) is 0.939. The standard InChI is InChI=1S/C18H15BrClN3O3S/c19-13-8-21-17(20)22-16(13)15-7-10-6-12(3-4-14(10)27-15)26-9-11-2-1-5-23(11)18(24)25/h3-4,6-8,11H,1-2,5,9H2,(H,24,25). The molecule has 3 heterocycles. The Labute approximate surface area is 172 Å². The number of amides is 1. The van der Waals surface area contributed by atoms with Gasteiger partial charge < -0.3 is 14.7 Å². The molecule has 1 N–H and O–H groups in total. The van der Waals surface area contributed by atoms with Crippen LogP contribution in [0.15, 0.2) is 34.9 Å². The Balaban J connectivity index is 1.54. The van der Waals surface area contributed by atoms with Crippen LogP contribution in [0.25, 0.3) is 20.7 Å². The molecule has 1 aliphatic heterocycles. The van der Waals surface area contributed by atoms with Crippen LogP contribution in [0.1, 0.15) is 12.8 Å². The van der Waals surface area contributed by atoms with Crippen molar-refractivity contribution in [1.82, 2.24) is 14.9 Å². The van der Waals surface area contributed by atoms with Crippen LogP contribution in [0.2, 0.25) is 5.28 Å². The lowest BCUT2D eigenvalue weighted by molar-refractivity contribution is 0.123. The zero-order chi connectivity index (χ0) is 19.0. The van der Waals surface area contributed by atoms with E-state index in [1.165, 1.54) is 4.90 Å². The van der Waals surface area contributed by atoms with Gasteiger partial charge in [-0.15, -0.1) is 11.3 Å². The Morgan fingerprint density at radius 3 is 3.11 bits per heavy atom. The Bertz CT molecular complexity index is 1010. The van der Waals surface area contributed by atoms with Crippen LogP contribution in [0, 0.1) is 0 Å². The number of thiophene rings is 1. The van der Waals surface area contributed by atoms with E-state index in [1.807, 2.05) is 24.3 Å². The predicted molar refractivity (Wildman–Crippen MR) is 109 cm³/mol. The molecule has 27 heavy (non-hydrogen) atoms. The van der Waals surface area contributed by atoms with Gasteiger partial charge in [-0.1, -0.05) is 0 Å². The highest BCUT2D eigenvalue weighted by Gasteiger charge is 2.28. The quantitative estimate of drug-likeness (QED) is 0.526. The first-order chi connectivity index (χ1) is 13.0. The van der Waals surface area contributed by atoms with Crippen molar-refractivity contribution < 1.29 is 14.6 Å². The highest BCUT2D eigenvalue weighted by molar-refractivity contribution is 9.10. The second kappa shape index (κ2) is 7.61. The van der Waals surface area contributed by atoms with Gasteiger partial charge in [0.15, 0.2) is 0 Å². The highest BCUT2D eigenvalue weighted by atomic mass is 79.9. The molecular formula is C18H15BrClN3O3S. The molecule has 6 nitrogen and oxygen atoms in total. The van der Waals surface area contributed by atoms with Crippen LogP contribution in [0.5, 0.6) is 5.75 Å². The number of halogens is 2. The number of benzene rings is 1. The van der Waals surface area contributed by atoms with Crippen molar-refractivity contribution in [3.8, 4) is 16.3 Å². The van der Waals surface area contributed by atoms with E-state index >= 15 is 0 Å². The molecule has 1 amide bonds. The summed E-state index contributed by atoms with van der Waals surface area (Å²) in [5.74, 6) is 0.726. The molecule has 1 fully saturated rings. The fraction of sp³-hybridized carbons (Fsp3) is 0.278. The number of carboxylic acid groups (broad SMARTS) is 1. The largest absolute Gasteiger partial charge is 0.491 e. The molecule has 1 saturated heterocycles. The molecule has 4 rings (SSSR count). The minimum Gasteiger partial charge on any atom is -0.491 e. The van der Waals surface area contributed by atoms with E-state index in [2.05, 4.69) is 25.9 Å². The van der Waals surface area contributed by atoms with Crippen molar-refractivity contribution in [1.29, 1.82) is 0 Å². The molecule has 0 spiro atoms. The first kappa shape index (κ1) is 18.5. The lowest BCUT2D eigenvalue weighted by Gasteiger charge is -2.21. The van der Waals surface area contributed by atoms with E-state index in [0.717, 1.165) is 43.7 Å².